The molecule has 3 heterocycles. The van der Waals surface area contributed by atoms with E-state index in [1.54, 1.807) is 6.07 Å². The molecule has 1 aliphatic heterocycles. The standard InChI is InChI=1S/C22H19ClFN3O3/c1-26(22-25-17-9-13(24)3-7-20(17)30-22)14-4-6-19-16(10-21(28)29)15-8-12(23)2-5-18(15)27(19)11-14/h2-3,5,7-9,14H,4,6,10-11H2,1H3,(H,28,29). The zero-order valence-electron chi connectivity index (χ0n) is 16.2. The number of carboxylic acids is 1. The Labute approximate surface area is 176 Å². The van der Waals surface area contributed by atoms with Crippen LogP contribution >= 0.6 is 11.6 Å². The van der Waals surface area contributed by atoms with Crippen molar-refractivity contribution in [3.8, 4) is 0 Å². The monoisotopic (exact) mass is 427 g/mol. The quantitative estimate of drug-likeness (QED) is 0.513. The molecule has 5 rings (SSSR count). The van der Waals surface area contributed by atoms with Gasteiger partial charge >= 0.3 is 5.97 Å². The molecule has 0 saturated heterocycles. The topological polar surface area (TPSA) is 71.5 Å². The molecule has 8 heteroatoms. The van der Waals surface area contributed by atoms with Crippen molar-refractivity contribution in [2.75, 3.05) is 11.9 Å². The van der Waals surface area contributed by atoms with Crippen molar-refractivity contribution in [2.24, 2.45) is 0 Å². The normalized spacial score (nSPS) is 16.2. The molecule has 1 unspecified atom stereocenters. The van der Waals surface area contributed by atoms with E-state index in [4.69, 9.17) is 16.0 Å². The van der Waals surface area contributed by atoms with Crippen LogP contribution in [0.2, 0.25) is 5.02 Å². The highest BCUT2D eigenvalue weighted by Crippen LogP contribution is 2.35. The van der Waals surface area contributed by atoms with Crippen molar-refractivity contribution in [1.29, 1.82) is 0 Å². The van der Waals surface area contributed by atoms with Crippen molar-refractivity contribution in [3.63, 3.8) is 0 Å². The summed E-state index contributed by atoms with van der Waals surface area (Å²) in [4.78, 5) is 17.9. The first-order valence-electron chi connectivity index (χ1n) is 9.71. The van der Waals surface area contributed by atoms with Crippen molar-refractivity contribution in [1.82, 2.24) is 9.55 Å². The van der Waals surface area contributed by atoms with E-state index in [0.717, 1.165) is 35.0 Å². The summed E-state index contributed by atoms with van der Waals surface area (Å²) in [7, 11) is 1.91. The Bertz CT molecular complexity index is 1300. The number of nitrogens with zero attached hydrogens (tertiary/aromatic N) is 3. The fourth-order valence-corrected chi connectivity index (χ4v) is 4.58. The summed E-state index contributed by atoms with van der Waals surface area (Å²) in [6, 6.07) is 10.4. The lowest BCUT2D eigenvalue weighted by atomic mass is 9.99. The van der Waals surface area contributed by atoms with E-state index in [-0.39, 0.29) is 18.3 Å². The van der Waals surface area contributed by atoms with Crippen molar-refractivity contribution < 1.29 is 18.7 Å². The number of rotatable bonds is 4. The van der Waals surface area contributed by atoms with E-state index in [9.17, 15) is 14.3 Å². The second-order valence-corrected chi connectivity index (χ2v) is 8.12. The highest BCUT2D eigenvalue weighted by molar-refractivity contribution is 6.31. The molecule has 0 radical (unpaired) electrons. The third kappa shape index (κ3) is 3.10. The fraction of sp³-hybridized carbons (Fsp3) is 0.273. The van der Waals surface area contributed by atoms with Gasteiger partial charge in [-0.1, -0.05) is 11.6 Å². The molecule has 0 spiro atoms. The van der Waals surface area contributed by atoms with Crippen LogP contribution in [0.15, 0.2) is 40.8 Å². The van der Waals surface area contributed by atoms with Gasteiger partial charge in [-0.2, -0.15) is 4.98 Å². The zero-order chi connectivity index (χ0) is 21.0. The van der Waals surface area contributed by atoms with Gasteiger partial charge in [0.1, 0.15) is 11.3 Å². The van der Waals surface area contributed by atoms with E-state index >= 15 is 0 Å². The summed E-state index contributed by atoms with van der Waals surface area (Å²) in [5.74, 6) is -1.21. The molecule has 154 valence electrons. The molecule has 1 atom stereocenters. The number of carboxylic acid groups (broad SMARTS) is 1. The molecule has 0 fully saturated rings. The van der Waals surface area contributed by atoms with Crippen molar-refractivity contribution >= 4 is 45.6 Å². The van der Waals surface area contributed by atoms with E-state index in [0.29, 0.717) is 28.7 Å². The Morgan fingerprint density at radius 1 is 1.37 bits per heavy atom. The van der Waals surface area contributed by atoms with E-state index in [1.807, 2.05) is 30.1 Å². The van der Waals surface area contributed by atoms with Crippen LogP contribution in [0.3, 0.4) is 0 Å². The second-order valence-electron chi connectivity index (χ2n) is 7.68. The molecule has 2 aromatic heterocycles. The van der Waals surface area contributed by atoms with Crippen molar-refractivity contribution in [2.45, 2.75) is 31.8 Å². The van der Waals surface area contributed by atoms with Crippen LogP contribution in [0, 0.1) is 5.82 Å². The fourth-order valence-electron chi connectivity index (χ4n) is 4.41. The lowest BCUT2D eigenvalue weighted by Gasteiger charge is -2.32. The molecule has 4 aromatic rings. The predicted molar refractivity (Wildman–Crippen MR) is 113 cm³/mol. The average molecular weight is 428 g/mol. The summed E-state index contributed by atoms with van der Waals surface area (Å²) in [6.45, 7) is 0.663. The number of hydrogen-bond donors (Lipinski definition) is 1. The van der Waals surface area contributed by atoms with Gasteiger partial charge in [-0.3, -0.25) is 4.79 Å². The molecule has 2 aromatic carbocycles. The number of carbonyl (C=O) groups is 1. The summed E-state index contributed by atoms with van der Waals surface area (Å²) < 4.78 is 21.5. The smallest absolute Gasteiger partial charge is 0.307 e. The first-order chi connectivity index (χ1) is 14.4. The summed E-state index contributed by atoms with van der Waals surface area (Å²) in [5.41, 5.74) is 3.87. The maximum absolute atomic E-state index is 13.5. The lowest BCUT2D eigenvalue weighted by Crippen LogP contribution is -2.39. The van der Waals surface area contributed by atoms with Gasteiger partial charge in [0.15, 0.2) is 5.58 Å². The first-order valence-corrected chi connectivity index (χ1v) is 10.1. The van der Waals surface area contributed by atoms with Gasteiger partial charge in [0, 0.05) is 41.3 Å². The summed E-state index contributed by atoms with van der Waals surface area (Å²) >= 11 is 6.19. The third-order valence-corrected chi connectivity index (χ3v) is 6.11. The summed E-state index contributed by atoms with van der Waals surface area (Å²) in [5, 5.41) is 10.9. The van der Waals surface area contributed by atoms with Crippen molar-refractivity contribution in [3.05, 3.63) is 58.5 Å². The highest BCUT2D eigenvalue weighted by Gasteiger charge is 2.29. The van der Waals surface area contributed by atoms with Crippen LogP contribution in [0.5, 0.6) is 0 Å². The Kier molecular flexibility index (Phi) is 4.43. The average Bonchev–Trinajstić information content (AvgIpc) is 3.26. The van der Waals surface area contributed by atoms with Gasteiger partial charge < -0.3 is 19.0 Å². The minimum absolute atomic E-state index is 0.0314. The van der Waals surface area contributed by atoms with Crippen LogP contribution in [0.4, 0.5) is 10.4 Å². The third-order valence-electron chi connectivity index (χ3n) is 5.87. The van der Waals surface area contributed by atoms with Crippen LogP contribution < -0.4 is 4.90 Å². The van der Waals surface area contributed by atoms with Gasteiger partial charge in [-0.05, 0) is 48.7 Å². The molecule has 0 amide bonds. The maximum Gasteiger partial charge on any atom is 0.307 e. The lowest BCUT2D eigenvalue weighted by molar-refractivity contribution is -0.136. The Morgan fingerprint density at radius 2 is 2.20 bits per heavy atom. The molecule has 6 nitrogen and oxygen atoms in total. The molecule has 0 aliphatic carbocycles. The number of halogens is 2. The first kappa shape index (κ1) is 18.9. The van der Waals surface area contributed by atoms with Gasteiger partial charge in [0.2, 0.25) is 0 Å². The van der Waals surface area contributed by atoms with Crippen LogP contribution in [-0.4, -0.2) is 33.7 Å². The molecule has 0 saturated carbocycles. The molecule has 1 N–H and O–H groups in total. The number of benzene rings is 2. The predicted octanol–water partition coefficient (Wildman–Crippen LogP) is 4.65. The highest BCUT2D eigenvalue weighted by atomic mass is 35.5. The number of fused-ring (bicyclic) bond motifs is 4. The minimum atomic E-state index is -0.858. The van der Waals surface area contributed by atoms with Gasteiger partial charge in [-0.15, -0.1) is 0 Å². The van der Waals surface area contributed by atoms with Gasteiger partial charge in [-0.25, -0.2) is 4.39 Å². The SMILES string of the molecule is CN(c1nc2cc(F)ccc2o1)C1CCc2c(CC(=O)O)c3cc(Cl)ccc3n2C1. The number of aromatic nitrogens is 2. The molecule has 0 bridgehead atoms. The van der Waals surface area contributed by atoms with Crippen LogP contribution in [0.1, 0.15) is 17.7 Å². The van der Waals surface area contributed by atoms with Crippen LogP contribution in [-0.2, 0) is 24.2 Å². The number of oxazole rings is 1. The van der Waals surface area contributed by atoms with Crippen LogP contribution in [0.25, 0.3) is 22.0 Å². The number of hydrogen-bond acceptors (Lipinski definition) is 4. The Balaban J connectivity index is 1.52. The van der Waals surface area contributed by atoms with E-state index < -0.39 is 5.97 Å². The number of aliphatic carboxylic acids is 1. The molecular formula is C22H19ClFN3O3. The molecular weight excluding hydrogens is 409 g/mol. The largest absolute Gasteiger partial charge is 0.481 e. The zero-order valence-corrected chi connectivity index (χ0v) is 17.0. The maximum atomic E-state index is 13.5. The minimum Gasteiger partial charge on any atom is -0.481 e. The number of likely N-dealkylation sites (N-methyl/N-ethyl adjacent to an activating group) is 1. The Morgan fingerprint density at radius 3 is 3.00 bits per heavy atom. The van der Waals surface area contributed by atoms with E-state index in [1.165, 1.54) is 12.1 Å². The molecule has 1 aliphatic rings. The van der Waals surface area contributed by atoms with E-state index in [2.05, 4.69) is 9.55 Å². The van der Waals surface area contributed by atoms with Gasteiger partial charge in [0.05, 0.1) is 12.5 Å². The molecule has 30 heavy (non-hydrogen) atoms. The second kappa shape index (κ2) is 7.02. The van der Waals surface area contributed by atoms with Gasteiger partial charge in [0.25, 0.3) is 6.01 Å². The number of anilines is 1. The summed E-state index contributed by atoms with van der Waals surface area (Å²) in [6.07, 6.45) is 1.52. The Hall–Kier alpha value is -3.06.